The van der Waals surface area contributed by atoms with Crippen LogP contribution in [0.1, 0.15) is 16.7 Å². The minimum absolute atomic E-state index is 0.0141. The van der Waals surface area contributed by atoms with Crippen LogP contribution in [-0.4, -0.2) is 26.5 Å². The van der Waals surface area contributed by atoms with E-state index in [0.29, 0.717) is 6.20 Å². The molecule has 0 amide bonds. The summed E-state index contributed by atoms with van der Waals surface area (Å²) in [7, 11) is -3.90. The maximum Gasteiger partial charge on any atom is 0.417 e. The van der Waals surface area contributed by atoms with Crippen LogP contribution in [0.15, 0.2) is 42.6 Å². The van der Waals surface area contributed by atoms with Crippen molar-refractivity contribution in [1.82, 2.24) is 9.71 Å². The third kappa shape index (κ3) is 6.68. The summed E-state index contributed by atoms with van der Waals surface area (Å²) >= 11 is 0. The van der Waals surface area contributed by atoms with E-state index in [0.717, 1.165) is 30.3 Å². The average molecular weight is 427 g/mol. The van der Waals surface area contributed by atoms with Gasteiger partial charge >= 0.3 is 12.4 Å². The van der Waals surface area contributed by atoms with E-state index in [-0.39, 0.29) is 24.5 Å². The molecule has 1 aromatic heterocycles. The van der Waals surface area contributed by atoms with Crippen molar-refractivity contribution >= 4 is 15.8 Å². The van der Waals surface area contributed by atoms with Crippen molar-refractivity contribution < 1.29 is 34.8 Å². The molecule has 0 saturated carbocycles. The molecule has 154 valence electrons. The molecule has 12 heteroatoms. The second kappa shape index (κ2) is 8.35. The molecule has 0 atom stereocenters. The third-order valence-corrected chi connectivity index (χ3v) is 4.81. The highest BCUT2D eigenvalue weighted by atomic mass is 32.2. The Morgan fingerprint density at radius 1 is 0.893 bits per heavy atom. The van der Waals surface area contributed by atoms with Crippen molar-refractivity contribution in [1.29, 1.82) is 0 Å². The predicted molar refractivity (Wildman–Crippen MR) is 89.8 cm³/mol. The summed E-state index contributed by atoms with van der Waals surface area (Å²) in [5.41, 5.74) is -1.89. The van der Waals surface area contributed by atoms with Gasteiger partial charge in [0, 0.05) is 19.3 Å². The van der Waals surface area contributed by atoms with Crippen molar-refractivity contribution in [3.05, 3.63) is 59.3 Å². The number of rotatable bonds is 7. The summed E-state index contributed by atoms with van der Waals surface area (Å²) in [5.74, 6) is -0.528. The maximum atomic E-state index is 12.7. The summed E-state index contributed by atoms with van der Waals surface area (Å²) in [4.78, 5) is 3.56. The van der Waals surface area contributed by atoms with Gasteiger partial charge in [0.25, 0.3) is 0 Å². The molecular weight excluding hydrogens is 412 g/mol. The van der Waals surface area contributed by atoms with Crippen LogP contribution in [0.4, 0.5) is 32.2 Å². The highest BCUT2D eigenvalue weighted by Gasteiger charge is 2.31. The molecule has 0 radical (unpaired) electrons. The van der Waals surface area contributed by atoms with Crippen molar-refractivity contribution in [3.63, 3.8) is 0 Å². The molecular formula is C16H15F6N3O2S. The summed E-state index contributed by atoms with van der Waals surface area (Å²) in [6.45, 7) is -0.121. The molecule has 2 rings (SSSR count). The Morgan fingerprint density at radius 2 is 1.57 bits per heavy atom. The van der Waals surface area contributed by atoms with Gasteiger partial charge in [-0.1, -0.05) is 18.2 Å². The number of pyridine rings is 1. The summed E-state index contributed by atoms with van der Waals surface area (Å²) in [6.07, 6.45) is -8.45. The minimum Gasteiger partial charge on any atom is -0.369 e. The Hall–Kier alpha value is -2.34. The normalized spacial score (nSPS) is 12.8. The first-order valence-electron chi connectivity index (χ1n) is 7.77. The van der Waals surface area contributed by atoms with E-state index in [2.05, 4.69) is 15.0 Å². The van der Waals surface area contributed by atoms with E-state index in [1.807, 2.05) is 0 Å². The Labute approximate surface area is 156 Å². The number of nitrogens with zero attached hydrogens (tertiary/aromatic N) is 1. The number of hydrogen-bond donors (Lipinski definition) is 2. The summed E-state index contributed by atoms with van der Waals surface area (Å²) in [6, 6.07) is 5.89. The predicted octanol–water partition coefficient (Wildman–Crippen LogP) is 3.65. The molecule has 0 fully saturated rings. The standard InChI is InChI=1S/C16H15F6N3O2S/c17-15(18,19)12-3-1-2-11(8-12)10-28(26,27)25-7-6-23-14-5-4-13(9-24-14)16(20,21)22/h1-5,8-9,25H,6-7,10H2,(H,23,24). The Balaban J connectivity index is 1.85. The molecule has 2 N–H and O–H groups in total. The largest absolute Gasteiger partial charge is 0.417 e. The lowest BCUT2D eigenvalue weighted by Crippen LogP contribution is -2.30. The highest BCUT2D eigenvalue weighted by molar-refractivity contribution is 7.88. The van der Waals surface area contributed by atoms with Gasteiger partial charge in [0.15, 0.2) is 0 Å². The summed E-state index contributed by atoms with van der Waals surface area (Å²) in [5, 5.41) is 2.63. The fourth-order valence-electron chi connectivity index (χ4n) is 2.17. The molecule has 0 saturated heterocycles. The van der Waals surface area contributed by atoms with Crippen molar-refractivity contribution in [3.8, 4) is 0 Å². The topological polar surface area (TPSA) is 71.1 Å². The average Bonchev–Trinajstić information content (AvgIpc) is 2.57. The van der Waals surface area contributed by atoms with Crippen LogP contribution in [0.3, 0.4) is 0 Å². The second-order valence-electron chi connectivity index (χ2n) is 5.71. The zero-order chi connectivity index (χ0) is 21.0. The van der Waals surface area contributed by atoms with Crippen LogP contribution < -0.4 is 10.0 Å². The molecule has 0 spiro atoms. The zero-order valence-corrected chi connectivity index (χ0v) is 14.9. The van der Waals surface area contributed by atoms with Crippen LogP contribution in [0, 0.1) is 0 Å². The lowest BCUT2D eigenvalue weighted by molar-refractivity contribution is -0.138. The first kappa shape index (κ1) is 22.0. The quantitative estimate of drug-likeness (QED) is 0.523. The number of nitrogens with one attached hydrogen (secondary N) is 2. The molecule has 0 unspecified atom stereocenters. The van der Waals surface area contributed by atoms with Crippen molar-refractivity contribution in [2.24, 2.45) is 0 Å². The van der Waals surface area contributed by atoms with Crippen LogP contribution in [0.2, 0.25) is 0 Å². The fourth-order valence-corrected chi connectivity index (χ4v) is 3.30. The van der Waals surface area contributed by atoms with Gasteiger partial charge in [-0.25, -0.2) is 18.1 Å². The van der Waals surface area contributed by atoms with E-state index in [1.54, 1.807) is 0 Å². The van der Waals surface area contributed by atoms with Gasteiger partial charge in [-0.15, -0.1) is 0 Å². The Bertz CT molecular complexity index is 896. The molecule has 1 heterocycles. The number of halogens is 6. The van der Waals surface area contributed by atoms with Gasteiger partial charge in [-0.3, -0.25) is 0 Å². The fraction of sp³-hybridized carbons (Fsp3) is 0.312. The summed E-state index contributed by atoms with van der Waals surface area (Å²) < 4.78 is 101. The number of benzene rings is 1. The van der Waals surface area contributed by atoms with Crippen molar-refractivity contribution in [2.75, 3.05) is 18.4 Å². The van der Waals surface area contributed by atoms with E-state index < -0.39 is 39.3 Å². The zero-order valence-electron chi connectivity index (χ0n) is 14.1. The van der Waals surface area contributed by atoms with Gasteiger partial charge in [0.05, 0.1) is 16.9 Å². The van der Waals surface area contributed by atoms with Gasteiger partial charge < -0.3 is 5.32 Å². The number of hydrogen-bond acceptors (Lipinski definition) is 4. The molecule has 2 aromatic rings. The molecule has 0 aliphatic carbocycles. The Morgan fingerprint density at radius 3 is 2.14 bits per heavy atom. The van der Waals surface area contributed by atoms with Crippen molar-refractivity contribution in [2.45, 2.75) is 18.1 Å². The number of aromatic nitrogens is 1. The Kier molecular flexibility index (Phi) is 6.55. The first-order chi connectivity index (χ1) is 12.9. The lowest BCUT2D eigenvalue weighted by Gasteiger charge is -2.11. The van der Waals surface area contributed by atoms with Gasteiger partial charge in [0.1, 0.15) is 5.82 Å². The van der Waals surface area contributed by atoms with Crippen LogP contribution >= 0.6 is 0 Å². The second-order valence-corrected chi connectivity index (χ2v) is 7.52. The van der Waals surface area contributed by atoms with E-state index in [4.69, 9.17) is 0 Å². The molecule has 0 aliphatic rings. The van der Waals surface area contributed by atoms with Crippen LogP contribution in [0.5, 0.6) is 0 Å². The maximum absolute atomic E-state index is 12.7. The van der Waals surface area contributed by atoms with E-state index in [1.165, 1.54) is 6.07 Å². The molecule has 0 bridgehead atoms. The van der Waals surface area contributed by atoms with Crippen LogP contribution in [0.25, 0.3) is 0 Å². The SMILES string of the molecule is O=S(=O)(Cc1cccc(C(F)(F)F)c1)NCCNc1ccc(C(F)(F)F)cn1. The smallest absolute Gasteiger partial charge is 0.369 e. The van der Waals surface area contributed by atoms with E-state index in [9.17, 15) is 34.8 Å². The number of anilines is 1. The molecule has 1 aromatic carbocycles. The lowest BCUT2D eigenvalue weighted by atomic mass is 10.1. The highest BCUT2D eigenvalue weighted by Crippen LogP contribution is 2.30. The molecule has 28 heavy (non-hydrogen) atoms. The minimum atomic E-state index is -4.58. The van der Waals surface area contributed by atoms with E-state index >= 15 is 0 Å². The number of sulfonamides is 1. The third-order valence-electron chi connectivity index (χ3n) is 3.45. The van der Waals surface area contributed by atoms with Gasteiger partial charge in [0.2, 0.25) is 10.0 Å². The molecule has 0 aliphatic heterocycles. The monoisotopic (exact) mass is 427 g/mol. The molecule has 5 nitrogen and oxygen atoms in total. The van der Waals surface area contributed by atoms with Gasteiger partial charge in [-0.2, -0.15) is 26.3 Å². The first-order valence-corrected chi connectivity index (χ1v) is 9.43. The number of alkyl halides is 6. The van der Waals surface area contributed by atoms with Crippen LogP contribution in [-0.2, 0) is 28.1 Å². The van der Waals surface area contributed by atoms with Gasteiger partial charge in [-0.05, 0) is 23.8 Å².